The van der Waals surface area contributed by atoms with Crippen molar-refractivity contribution in [2.75, 3.05) is 46.3 Å². The van der Waals surface area contributed by atoms with Crippen molar-refractivity contribution in [1.82, 2.24) is 4.31 Å². The Labute approximate surface area is 200 Å². The van der Waals surface area contributed by atoms with E-state index in [0.717, 1.165) is 11.1 Å². The zero-order valence-electron chi connectivity index (χ0n) is 20.0. The van der Waals surface area contributed by atoms with Gasteiger partial charge in [-0.2, -0.15) is 4.31 Å². The minimum atomic E-state index is -3.89. The van der Waals surface area contributed by atoms with Crippen molar-refractivity contribution in [2.24, 2.45) is 0 Å². The molecule has 2 aromatic rings. The van der Waals surface area contributed by atoms with E-state index >= 15 is 0 Å². The van der Waals surface area contributed by atoms with Crippen LogP contribution < -0.4 is 24.3 Å². The molecular formula is C24H30N2O7S. The van der Waals surface area contributed by atoms with E-state index in [4.69, 9.17) is 18.9 Å². The number of carbonyl (C=O) groups excluding carboxylic acids is 1. The van der Waals surface area contributed by atoms with Gasteiger partial charge in [0.25, 0.3) is 0 Å². The first-order chi connectivity index (χ1) is 16.2. The highest BCUT2D eigenvalue weighted by atomic mass is 32.2. The van der Waals surface area contributed by atoms with Crippen molar-refractivity contribution in [3.63, 3.8) is 0 Å². The molecule has 0 saturated heterocycles. The van der Waals surface area contributed by atoms with E-state index in [9.17, 15) is 13.2 Å². The van der Waals surface area contributed by atoms with Gasteiger partial charge in [0.15, 0.2) is 0 Å². The molecular weight excluding hydrogens is 460 g/mol. The summed E-state index contributed by atoms with van der Waals surface area (Å²) in [6.07, 6.45) is 2.31. The van der Waals surface area contributed by atoms with E-state index in [1.165, 1.54) is 17.3 Å². The fourth-order valence-corrected chi connectivity index (χ4v) is 5.36. The van der Waals surface area contributed by atoms with Gasteiger partial charge in [-0.3, -0.25) is 4.79 Å². The lowest BCUT2D eigenvalue weighted by Gasteiger charge is -2.28. The second-order valence-corrected chi connectivity index (χ2v) is 9.43. The van der Waals surface area contributed by atoms with Crippen molar-refractivity contribution in [2.45, 2.75) is 25.2 Å². The van der Waals surface area contributed by atoms with E-state index in [2.05, 4.69) is 5.32 Å². The normalized spacial score (nSPS) is 14.2. The van der Waals surface area contributed by atoms with Crippen LogP contribution in [-0.2, 0) is 14.8 Å². The van der Waals surface area contributed by atoms with Gasteiger partial charge in [0.1, 0.15) is 27.9 Å². The molecule has 1 heterocycles. The number of anilines is 1. The number of amides is 1. The molecule has 9 nitrogen and oxygen atoms in total. The van der Waals surface area contributed by atoms with Crippen LogP contribution in [0.25, 0.3) is 5.57 Å². The third kappa shape index (κ3) is 5.28. The molecule has 3 rings (SSSR count). The molecule has 0 bridgehead atoms. The van der Waals surface area contributed by atoms with Crippen LogP contribution in [0.3, 0.4) is 0 Å². The van der Waals surface area contributed by atoms with Crippen LogP contribution in [0.5, 0.6) is 23.0 Å². The molecule has 34 heavy (non-hydrogen) atoms. The zero-order valence-corrected chi connectivity index (χ0v) is 20.8. The minimum Gasteiger partial charge on any atom is -0.496 e. The molecule has 0 radical (unpaired) electrons. The van der Waals surface area contributed by atoms with E-state index in [1.54, 1.807) is 52.5 Å². The Balaban J connectivity index is 1.96. The van der Waals surface area contributed by atoms with Crippen LogP contribution in [0.4, 0.5) is 5.69 Å². The molecule has 0 fully saturated rings. The highest BCUT2D eigenvalue weighted by Crippen LogP contribution is 2.41. The fraction of sp³-hybridized carbons (Fsp3) is 0.375. The maximum atomic E-state index is 13.5. The third-order valence-corrected chi connectivity index (χ3v) is 7.28. The molecule has 0 aromatic heterocycles. The maximum Gasteiger partial charge on any atom is 0.247 e. The summed E-state index contributed by atoms with van der Waals surface area (Å²) in [7, 11) is 0.802. The molecule has 10 heteroatoms. The quantitative estimate of drug-likeness (QED) is 0.573. The van der Waals surface area contributed by atoms with Gasteiger partial charge in [-0.25, -0.2) is 8.42 Å². The van der Waals surface area contributed by atoms with E-state index in [1.807, 2.05) is 6.08 Å². The van der Waals surface area contributed by atoms with Gasteiger partial charge in [-0.05, 0) is 37.1 Å². The summed E-state index contributed by atoms with van der Waals surface area (Å²) in [6, 6.07) is 8.13. The van der Waals surface area contributed by atoms with Gasteiger partial charge < -0.3 is 24.3 Å². The topological polar surface area (TPSA) is 103 Å². The van der Waals surface area contributed by atoms with E-state index < -0.39 is 10.0 Å². The van der Waals surface area contributed by atoms with Crippen molar-refractivity contribution in [1.29, 1.82) is 0 Å². The van der Waals surface area contributed by atoms with Gasteiger partial charge in [0.05, 0.1) is 33.5 Å². The standard InChI is InChI=1S/C24H30N2O7S/c1-6-33-20-8-7-18(25-16(2)27)13-23(20)34(28,29)26-11-9-17(10-12-26)24-21(31-4)14-19(30-3)15-22(24)32-5/h7-9,13-15H,6,10-12H2,1-5H3,(H,25,27). The molecule has 0 spiro atoms. The van der Waals surface area contributed by atoms with Crippen LogP contribution >= 0.6 is 0 Å². The molecule has 0 atom stereocenters. The first kappa shape index (κ1) is 25.4. The second-order valence-electron chi connectivity index (χ2n) is 7.53. The smallest absolute Gasteiger partial charge is 0.247 e. The molecule has 2 aromatic carbocycles. The Morgan fingerprint density at radius 1 is 1.03 bits per heavy atom. The van der Waals surface area contributed by atoms with Gasteiger partial charge in [0.2, 0.25) is 15.9 Å². The summed E-state index contributed by atoms with van der Waals surface area (Å²) in [5.74, 6) is 1.71. The number of hydrogen-bond donors (Lipinski definition) is 1. The number of methoxy groups -OCH3 is 3. The van der Waals surface area contributed by atoms with Gasteiger partial charge in [-0.15, -0.1) is 0 Å². The lowest BCUT2D eigenvalue weighted by atomic mass is 9.98. The third-order valence-electron chi connectivity index (χ3n) is 5.39. The molecule has 1 aliphatic heterocycles. The first-order valence-electron chi connectivity index (χ1n) is 10.8. The van der Waals surface area contributed by atoms with E-state index in [-0.39, 0.29) is 29.6 Å². The van der Waals surface area contributed by atoms with Crippen molar-refractivity contribution < 1.29 is 32.2 Å². The zero-order chi connectivity index (χ0) is 24.9. The van der Waals surface area contributed by atoms with Gasteiger partial charge in [0, 0.05) is 37.8 Å². The van der Waals surface area contributed by atoms with Crippen LogP contribution in [0.2, 0.25) is 0 Å². The Hall–Kier alpha value is -3.24. The van der Waals surface area contributed by atoms with Crippen LogP contribution in [0.15, 0.2) is 41.3 Å². The summed E-state index contributed by atoms with van der Waals surface area (Å²) < 4.78 is 50.4. The summed E-state index contributed by atoms with van der Waals surface area (Å²) in [5, 5.41) is 2.63. The average Bonchev–Trinajstić information content (AvgIpc) is 2.83. The van der Waals surface area contributed by atoms with Gasteiger partial charge >= 0.3 is 0 Å². The summed E-state index contributed by atoms with van der Waals surface area (Å²) in [4.78, 5) is 11.5. The van der Waals surface area contributed by atoms with E-state index in [0.29, 0.717) is 36.0 Å². The van der Waals surface area contributed by atoms with Crippen molar-refractivity contribution in [3.8, 4) is 23.0 Å². The number of nitrogens with one attached hydrogen (secondary N) is 1. The molecule has 0 aliphatic carbocycles. The minimum absolute atomic E-state index is 0.0112. The molecule has 1 aliphatic rings. The number of sulfonamides is 1. The Morgan fingerprint density at radius 3 is 2.21 bits per heavy atom. The Kier molecular flexibility index (Phi) is 8.06. The van der Waals surface area contributed by atoms with Crippen LogP contribution in [0, 0.1) is 0 Å². The number of benzene rings is 2. The van der Waals surface area contributed by atoms with Crippen molar-refractivity contribution in [3.05, 3.63) is 42.0 Å². The molecule has 1 amide bonds. The predicted octanol–water partition coefficient (Wildman–Crippen LogP) is 3.55. The monoisotopic (exact) mass is 490 g/mol. The SMILES string of the molecule is CCOc1ccc(NC(C)=O)cc1S(=O)(=O)N1CC=C(c2c(OC)cc(OC)cc2OC)CC1. The second kappa shape index (κ2) is 10.8. The van der Waals surface area contributed by atoms with Crippen molar-refractivity contribution >= 4 is 27.2 Å². The number of rotatable bonds is 9. The number of nitrogens with zero attached hydrogens (tertiary/aromatic N) is 1. The predicted molar refractivity (Wildman–Crippen MR) is 129 cm³/mol. The lowest BCUT2D eigenvalue weighted by molar-refractivity contribution is -0.114. The maximum absolute atomic E-state index is 13.5. The Morgan fingerprint density at radius 2 is 1.71 bits per heavy atom. The Bertz CT molecular complexity index is 1170. The molecule has 1 N–H and O–H groups in total. The fourth-order valence-electron chi connectivity index (χ4n) is 3.82. The largest absolute Gasteiger partial charge is 0.496 e. The molecule has 0 unspecified atom stereocenters. The number of carbonyl (C=O) groups is 1. The molecule has 184 valence electrons. The van der Waals surface area contributed by atoms with Crippen LogP contribution in [0.1, 0.15) is 25.8 Å². The highest BCUT2D eigenvalue weighted by molar-refractivity contribution is 7.89. The average molecular weight is 491 g/mol. The first-order valence-corrected chi connectivity index (χ1v) is 12.2. The number of ether oxygens (including phenoxy) is 4. The van der Waals surface area contributed by atoms with Crippen LogP contribution in [-0.4, -0.2) is 59.7 Å². The highest BCUT2D eigenvalue weighted by Gasteiger charge is 2.31. The number of hydrogen-bond acceptors (Lipinski definition) is 7. The lowest BCUT2D eigenvalue weighted by Crippen LogP contribution is -2.35. The summed E-state index contributed by atoms with van der Waals surface area (Å²) in [5.41, 5.74) is 2.07. The van der Waals surface area contributed by atoms with Gasteiger partial charge in [-0.1, -0.05) is 6.08 Å². The summed E-state index contributed by atoms with van der Waals surface area (Å²) >= 11 is 0. The summed E-state index contributed by atoms with van der Waals surface area (Å²) in [6.45, 7) is 3.87. The molecule has 0 saturated carbocycles.